The molecule has 0 aromatic heterocycles. The molecule has 0 saturated heterocycles. The monoisotopic (exact) mass is 170 g/mol. The van der Waals surface area contributed by atoms with E-state index in [2.05, 4.69) is 11.9 Å². The zero-order valence-electron chi connectivity index (χ0n) is 7.39. The lowest BCUT2D eigenvalue weighted by molar-refractivity contribution is -0.138. The molecule has 0 saturated carbocycles. The number of ether oxygens (including phenoxy) is 1. The van der Waals surface area contributed by atoms with Gasteiger partial charge in [-0.05, 0) is 6.92 Å². The summed E-state index contributed by atoms with van der Waals surface area (Å²) in [5.41, 5.74) is 5.72. The van der Waals surface area contributed by atoms with E-state index in [1.54, 1.807) is 14.0 Å². The lowest BCUT2D eigenvalue weighted by Crippen LogP contribution is -2.21. The van der Waals surface area contributed by atoms with Gasteiger partial charge in [0.1, 0.15) is 5.82 Å². The van der Waals surface area contributed by atoms with Crippen LogP contribution in [0.5, 0.6) is 0 Å². The van der Waals surface area contributed by atoms with E-state index in [9.17, 15) is 4.79 Å². The number of hydrogen-bond acceptors (Lipinski definition) is 4. The molecule has 68 valence electrons. The van der Waals surface area contributed by atoms with Gasteiger partial charge >= 0.3 is 5.97 Å². The molecular formula is C8H14N2O2. The summed E-state index contributed by atoms with van der Waals surface area (Å²) < 4.78 is 4.73. The summed E-state index contributed by atoms with van der Waals surface area (Å²) in [5.74, 6) is -0.192. The van der Waals surface area contributed by atoms with Crippen molar-refractivity contribution in [2.75, 3.05) is 13.7 Å². The molecule has 3 N–H and O–H groups in total. The van der Waals surface area contributed by atoms with Crippen LogP contribution < -0.4 is 11.1 Å². The molecule has 0 aliphatic rings. The van der Waals surface area contributed by atoms with Crippen LogP contribution in [0, 0.1) is 0 Å². The first-order valence-corrected chi connectivity index (χ1v) is 3.64. The van der Waals surface area contributed by atoms with Gasteiger partial charge in [-0.3, -0.25) is 0 Å². The van der Waals surface area contributed by atoms with Crippen LogP contribution in [0.4, 0.5) is 0 Å². The average Bonchev–Trinajstić information content (AvgIpc) is 2.06. The van der Waals surface area contributed by atoms with Crippen molar-refractivity contribution in [2.45, 2.75) is 6.92 Å². The fourth-order valence-corrected chi connectivity index (χ4v) is 0.647. The Kier molecular flexibility index (Phi) is 4.60. The number of hydrogen-bond donors (Lipinski definition) is 2. The van der Waals surface area contributed by atoms with Crippen molar-refractivity contribution in [3.8, 4) is 0 Å². The molecule has 0 aromatic rings. The minimum Gasteiger partial charge on any atom is -0.462 e. The molecule has 0 atom stereocenters. The van der Waals surface area contributed by atoms with Crippen molar-refractivity contribution in [3.63, 3.8) is 0 Å². The van der Waals surface area contributed by atoms with E-state index in [4.69, 9.17) is 10.5 Å². The molecule has 0 aliphatic carbocycles. The summed E-state index contributed by atoms with van der Waals surface area (Å²) >= 11 is 0. The maximum absolute atomic E-state index is 11.1. The highest BCUT2D eigenvalue weighted by molar-refractivity contribution is 5.92. The molecule has 0 aliphatic heterocycles. The van der Waals surface area contributed by atoms with Crippen LogP contribution in [0.3, 0.4) is 0 Å². The van der Waals surface area contributed by atoms with E-state index in [1.165, 1.54) is 6.08 Å². The number of nitrogens with two attached hydrogens (primary N) is 1. The highest BCUT2D eigenvalue weighted by Gasteiger charge is 2.09. The Balaban J connectivity index is 4.55. The normalized spacial score (nSPS) is 11.5. The molecule has 0 heterocycles. The van der Waals surface area contributed by atoms with Crippen LogP contribution in [-0.4, -0.2) is 19.6 Å². The van der Waals surface area contributed by atoms with E-state index < -0.39 is 5.97 Å². The highest BCUT2D eigenvalue weighted by atomic mass is 16.5. The van der Waals surface area contributed by atoms with Gasteiger partial charge in [-0.2, -0.15) is 0 Å². The molecule has 0 aromatic carbocycles. The van der Waals surface area contributed by atoms with Gasteiger partial charge in [0.25, 0.3) is 0 Å². The summed E-state index contributed by atoms with van der Waals surface area (Å²) in [6, 6.07) is 0. The third-order valence-corrected chi connectivity index (χ3v) is 1.26. The predicted octanol–water partition coefficient (Wildman–Crippen LogP) is 0.125. The zero-order chi connectivity index (χ0) is 9.56. The number of rotatable bonds is 4. The van der Waals surface area contributed by atoms with Gasteiger partial charge < -0.3 is 15.8 Å². The number of carbonyl (C=O) groups excluding carboxylic acids is 1. The smallest absolute Gasteiger partial charge is 0.341 e. The largest absolute Gasteiger partial charge is 0.462 e. The van der Waals surface area contributed by atoms with Crippen LogP contribution in [0.25, 0.3) is 0 Å². The molecule has 4 nitrogen and oxygen atoms in total. The Morgan fingerprint density at radius 2 is 2.33 bits per heavy atom. The third-order valence-electron chi connectivity index (χ3n) is 1.26. The van der Waals surface area contributed by atoms with Crippen molar-refractivity contribution < 1.29 is 9.53 Å². The Bertz CT molecular complexity index is 209. The molecule has 0 fully saturated rings. The third kappa shape index (κ3) is 2.65. The summed E-state index contributed by atoms with van der Waals surface area (Å²) in [7, 11) is 1.62. The lowest BCUT2D eigenvalue weighted by atomic mass is 10.2. The topological polar surface area (TPSA) is 64.3 Å². The van der Waals surface area contributed by atoms with Crippen LogP contribution in [0.15, 0.2) is 24.0 Å². The van der Waals surface area contributed by atoms with E-state index in [-0.39, 0.29) is 11.4 Å². The van der Waals surface area contributed by atoms with Crippen LogP contribution >= 0.6 is 0 Å². The van der Waals surface area contributed by atoms with Gasteiger partial charge in [-0.25, -0.2) is 4.79 Å². The summed E-state index contributed by atoms with van der Waals surface area (Å²) in [4.78, 5) is 11.1. The van der Waals surface area contributed by atoms with E-state index >= 15 is 0 Å². The Morgan fingerprint density at radius 3 is 2.67 bits per heavy atom. The Morgan fingerprint density at radius 1 is 1.75 bits per heavy atom. The van der Waals surface area contributed by atoms with Crippen LogP contribution in [0.1, 0.15) is 6.92 Å². The molecule has 0 unspecified atom stereocenters. The quantitative estimate of drug-likeness (QED) is 0.357. The standard InChI is InChI=1S/C8H14N2O2/c1-4-6(7(9)10-3)8(11)12-5-2/h4,10H,1,5,9H2,2-3H3/b7-6-. The fourth-order valence-electron chi connectivity index (χ4n) is 0.647. The predicted molar refractivity (Wildman–Crippen MR) is 47.1 cm³/mol. The number of esters is 1. The van der Waals surface area contributed by atoms with Gasteiger partial charge in [0.15, 0.2) is 0 Å². The van der Waals surface area contributed by atoms with Gasteiger partial charge in [-0.1, -0.05) is 12.7 Å². The van der Waals surface area contributed by atoms with Gasteiger partial charge in [-0.15, -0.1) is 0 Å². The first kappa shape index (κ1) is 10.6. The van der Waals surface area contributed by atoms with Crippen LogP contribution in [0.2, 0.25) is 0 Å². The number of nitrogens with one attached hydrogen (secondary N) is 1. The van der Waals surface area contributed by atoms with Gasteiger partial charge in [0.05, 0.1) is 12.2 Å². The lowest BCUT2D eigenvalue weighted by Gasteiger charge is -2.06. The first-order valence-electron chi connectivity index (χ1n) is 3.64. The Hall–Kier alpha value is -1.45. The highest BCUT2D eigenvalue weighted by Crippen LogP contribution is 2.00. The zero-order valence-corrected chi connectivity index (χ0v) is 7.39. The van der Waals surface area contributed by atoms with Crippen LogP contribution in [-0.2, 0) is 9.53 Å². The molecule has 0 amide bonds. The second-order valence-corrected chi connectivity index (χ2v) is 2.00. The molecular weight excluding hydrogens is 156 g/mol. The summed E-state index contributed by atoms with van der Waals surface area (Å²) in [5, 5.41) is 2.64. The first-order chi connectivity index (χ1) is 5.67. The average molecular weight is 170 g/mol. The van der Waals surface area contributed by atoms with Crippen molar-refractivity contribution in [1.29, 1.82) is 0 Å². The van der Waals surface area contributed by atoms with Gasteiger partial charge in [0.2, 0.25) is 0 Å². The minimum atomic E-state index is -0.459. The van der Waals surface area contributed by atoms with Gasteiger partial charge in [0, 0.05) is 7.05 Å². The fraction of sp³-hybridized carbons (Fsp3) is 0.375. The molecule has 0 rings (SSSR count). The van der Waals surface area contributed by atoms with Crippen molar-refractivity contribution >= 4 is 5.97 Å². The van der Waals surface area contributed by atoms with Crippen molar-refractivity contribution in [3.05, 3.63) is 24.0 Å². The molecule has 12 heavy (non-hydrogen) atoms. The van der Waals surface area contributed by atoms with Crippen molar-refractivity contribution in [2.24, 2.45) is 5.73 Å². The molecule has 0 spiro atoms. The maximum Gasteiger partial charge on any atom is 0.341 e. The summed E-state index contributed by atoms with van der Waals surface area (Å²) in [6.07, 6.45) is 1.36. The number of carbonyl (C=O) groups is 1. The maximum atomic E-state index is 11.1. The molecule has 0 radical (unpaired) electrons. The SMILES string of the molecule is C=C/C(C(=O)OCC)=C(\N)NC. The van der Waals surface area contributed by atoms with E-state index in [0.29, 0.717) is 6.61 Å². The van der Waals surface area contributed by atoms with E-state index in [0.717, 1.165) is 0 Å². The molecule has 0 bridgehead atoms. The molecule has 4 heteroatoms. The van der Waals surface area contributed by atoms with E-state index in [1.807, 2.05) is 0 Å². The second-order valence-electron chi connectivity index (χ2n) is 2.00. The summed E-state index contributed by atoms with van der Waals surface area (Å²) in [6.45, 7) is 5.51. The minimum absolute atomic E-state index is 0.263. The van der Waals surface area contributed by atoms with Crippen molar-refractivity contribution in [1.82, 2.24) is 5.32 Å². The Labute approximate surface area is 72.1 Å². The second kappa shape index (κ2) is 5.23.